The van der Waals surface area contributed by atoms with E-state index in [1.807, 2.05) is 19.1 Å². The molecule has 186 valence electrons. The van der Waals surface area contributed by atoms with E-state index in [1.165, 1.54) is 24.0 Å². The zero-order valence-corrected chi connectivity index (χ0v) is 21.2. The molecule has 4 aromatic rings. The Bertz CT molecular complexity index is 1230. The molecule has 0 spiro atoms. The second-order valence-corrected chi connectivity index (χ2v) is 9.76. The second kappa shape index (κ2) is 11.6. The molecule has 2 heterocycles. The maximum Gasteiger partial charge on any atom is 0.355 e. The SMILES string of the molecule is CCOC(=O)c1c(C(c2ccccc2)c2ccccc2)c2ccccc2n1CCCCC1CCNC1. The van der Waals surface area contributed by atoms with E-state index in [-0.39, 0.29) is 11.9 Å². The summed E-state index contributed by atoms with van der Waals surface area (Å²) in [6.07, 6.45) is 4.73. The largest absolute Gasteiger partial charge is 0.461 e. The maximum absolute atomic E-state index is 13.6. The average molecular weight is 481 g/mol. The van der Waals surface area contributed by atoms with Crippen LogP contribution in [0.5, 0.6) is 0 Å². The minimum absolute atomic E-state index is 0.0671. The molecule has 3 aromatic carbocycles. The van der Waals surface area contributed by atoms with E-state index < -0.39 is 0 Å². The maximum atomic E-state index is 13.6. The first kappa shape index (κ1) is 24.3. The van der Waals surface area contributed by atoms with Crippen molar-refractivity contribution in [3.63, 3.8) is 0 Å². The van der Waals surface area contributed by atoms with Crippen molar-refractivity contribution in [2.75, 3.05) is 19.7 Å². The second-order valence-electron chi connectivity index (χ2n) is 9.76. The number of aromatic nitrogens is 1. The number of benzene rings is 3. The predicted molar refractivity (Wildman–Crippen MR) is 147 cm³/mol. The molecular formula is C32H36N2O2. The van der Waals surface area contributed by atoms with E-state index in [2.05, 4.69) is 82.7 Å². The summed E-state index contributed by atoms with van der Waals surface area (Å²) in [5.41, 5.74) is 5.19. The topological polar surface area (TPSA) is 43.3 Å². The molecule has 1 N–H and O–H groups in total. The van der Waals surface area contributed by atoms with Crippen LogP contribution < -0.4 is 5.32 Å². The van der Waals surface area contributed by atoms with Crippen molar-refractivity contribution in [2.45, 2.75) is 45.1 Å². The van der Waals surface area contributed by atoms with Crippen LogP contribution in [-0.2, 0) is 11.3 Å². The Morgan fingerprint density at radius 3 is 2.25 bits per heavy atom. The number of hydrogen-bond acceptors (Lipinski definition) is 3. The molecule has 0 bridgehead atoms. The Hall–Kier alpha value is -3.37. The Morgan fingerprint density at radius 2 is 1.61 bits per heavy atom. The lowest BCUT2D eigenvalue weighted by molar-refractivity contribution is 0.0512. The lowest BCUT2D eigenvalue weighted by Crippen LogP contribution is -2.17. The number of aryl methyl sites for hydroxylation is 1. The first-order valence-corrected chi connectivity index (χ1v) is 13.4. The van der Waals surface area contributed by atoms with Crippen LogP contribution in [0.1, 0.15) is 65.7 Å². The van der Waals surface area contributed by atoms with Gasteiger partial charge in [-0.05, 0) is 62.4 Å². The van der Waals surface area contributed by atoms with Gasteiger partial charge in [0.2, 0.25) is 0 Å². The number of para-hydroxylation sites is 1. The number of rotatable bonds is 10. The summed E-state index contributed by atoms with van der Waals surface area (Å²) in [6, 6.07) is 29.5. The van der Waals surface area contributed by atoms with Crippen molar-refractivity contribution in [3.05, 3.63) is 107 Å². The van der Waals surface area contributed by atoms with Gasteiger partial charge in [0.25, 0.3) is 0 Å². The molecule has 1 fully saturated rings. The van der Waals surface area contributed by atoms with Gasteiger partial charge in [-0.3, -0.25) is 0 Å². The van der Waals surface area contributed by atoms with Gasteiger partial charge in [0.05, 0.1) is 6.61 Å². The molecule has 0 aliphatic carbocycles. The highest BCUT2D eigenvalue weighted by molar-refractivity contribution is 6.00. The molecule has 1 aliphatic rings. The number of carbonyl (C=O) groups is 1. The minimum atomic E-state index is -0.236. The Morgan fingerprint density at radius 1 is 0.944 bits per heavy atom. The number of nitrogens with zero attached hydrogens (tertiary/aromatic N) is 1. The molecule has 1 aliphatic heterocycles. The Kier molecular flexibility index (Phi) is 7.82. The van der Waals surface area contributed by atoms with E-state index in [0.29, 0.717) is 12.3 Å². The molecule has 4 heteroatoms. The fourth-order valence-electron chi connectivity index (χ4n) is 5.75. The number of fused-ring (bicyclic) bond motifs is 1. The molecule has 36 heavy (non-hydrogen) atoms. The van der Waals surface area contributed by atoms with Crippen molar-refractivity contribution in [1.82, 2.24) is 9.88 Å². The normalized spacial score (nSPS) is 15.6. The summed E-state index contributed by atoms with van der Waals surface area (Å²) in [4.78, 5) is 13.6. The van der Waals surface area contributed by atoms with Gasteiger partial charge in [-0.2, -0.15) is 0 Å². The smallest absolute Gasteiger partial charge is 0.355 e. The van der Waals surface area contributed by atoms with Gasteiger partial charge >= 0.3 is 5.97 Å². The van der Waals surface area contributed by atoms with Gasteiger partial charge in [-0.1, -0.05) is 85.3 Å². The van der Waals surface area contributed by atoms with Crippen molar-refractivity contribution >= 4 is 16.9 Å². The van der Waals surface area contributed by atoms with E-state index >= 15 is 0 Å². The summed E-state index contributed by atoms with van der Waals surface area (Å²) in [7, 11) is 0. The van der Waals surface area contributed by atoms with Gasteiger partial charge in [0.1, 0.15) is 5.69 Å². The molecule has 0 amide bonds. The van der Waals surface area contributed by atoms with E-state index in [9.17, 15) is 4.79 Å². The van der Waals surface area contributed by atoms with Crippen molar-refractivity contribution in [3.8, 4) is 0 Å². The Labute approximate surface area is 214 Å². The number of unbranched alkanes of at least 4 members (excludes halogenated alkanes) is 1. The standard InChI is InChI=1S/C32H36N2O2/c1-2-36-32(35)31-30(29(25-14-5-3-6-15-25)26-16-7-4-8-17-26)27-18-9-10-19-28(27)34(31)22-12-11-13-24-20-21-33-23-24/h3-10,14-19,24,29,33H,2,11-13,20-23H2,1H3. The summed E-state index contributed by atoms with van der Waals surface area (Å²) in [5, 5.41) is 4.60. The predicted octanol–water partition coefficient (Wildman–Crippen LogP) is 6.78. The minimum Gasteiger partial charge on any atom is -0.461 e. The summed E-state index contributed by atoms with van der Waals surface area (Å²) >= 11 is 0. The van der Waals surface area contributed by atoms with Gasteiger partial charge in [-0.25, -0.2) is 4.79 Å². The van der Waals surface area contributed by atoms with Crippen molar-refractivity contribution in [1.29, 1.82) is 0 Å². The first-order valence-electron chi connectivity index (χ1n) is 13.4. The number of ether oxygens (including phenoxy) is 1. The number of esters is 1. The van der Waals surface area contributed by atoms with E-state index in [1.54, 1.807) is 0 Å². The fraction of sp³-hybridized carbons (Fsp3) is 0.344. The van der Waals surface area contributed by atoms with E-state index in [0.717, 1.165) is 54.9 Å². The van der Waals surface area contributed by atoms with Crippen LogP contribution in [0.25, 0.3) is 10.9 Å². The molecule has 1 unspecified atom stereocenters. The molecule has 1 atom stereocenters. The highest BCUT2D eigenvalue weighted by atomic mass is 16.5. The monoisotopic (exact) mass is 480 g/mol. The zero-order chi connectivity index (χ0) is 24.7. The van der Waals surface area contributed by atoms with E-state index in [4.69, 9.17) is 4.74 Å². The first-order chi connectivity index (χ1) is 17.8. The summed E-state index contributed by atoms with van der Waals surface area (Å²) in [5.74, 6) is 0.482. The quantitative estimate of drug-likeness (QED) is 0.201. The average Bonchev–Trinajstić information content (AvgIpc) is 3.55. The van der Waals surface area contributed by atoms with Gasteiger partial charge in [0.15, 0.2) is 0 Å². The van der Waals surface area contributed by atoms with Crippen LogP contribution in [0.15, 0.2) is 84.9 Å². The highest BCUT2D eigenvalue weighted by Crippen LogP contribution is 2.40. The van der Waals surface area contributed by atoms with Gasteiger partial charge in [0, 0.05) is 28.9 Å². The van der Waals surface area contributed by atoms with Crippen LogP contribution in [0.4, 0.5) is 0 Å². The molecular weight excluding hydrogens is 444 g/mol. The third kappa shape index (κ3) is 5.10. The van der Waals surface area contributed by atoms with Crippen LogP contribution in [-0.4, -0.2) is 30.2 Å². The molecule has 1 saturated heterocycles. The summed E-state index contributed by atoms with van der Waals surface area (Å²) < 4.78 is 7.91. The highest BCUT2D eigenvalue weighted by Gasteiger charge is 2.30. The van der Waals surface area contributed by atoms with Crippen LogP contribution in [0.3, 0.4) is 0 Å². The fourth-order valence-corrected chi connectivity index (χ4v) is 5.75. The number of hydrogen-bond donors (Lipinski definition) is 1. The van der Waals surface area contributed by atoms with Crippen LogP contribution in [0.2, 0.25) is 0 Å². The van der Waals surface area contributed by atoms with Crippen molar-refractivity contribution < 1.29 is 9.53 Å². The lowest BCUT2D eigenvalue weighted by Gasteiger charge is -2.20. The number of nitrogens with one attached hydrogen (secondary N) is 1. The molecule has 1 aromatic heterocycles. The zero-order valence-electron chi connectivity index (χ0n) is 21.2. The van der Waals surface area contributed by atoms with Gasteiger partial charge < -0.3 is 14.6 Å². The molecule has 0 saturated carbocycles. The Balaban J connectivity index is 1.62. The molecule has 5 rings (SSSR count). The third-order valence-corrected chi connectivity index (χ3v) is 7.44. The van der Waals surface area contributed by atoms with Crippen molar-refractivity contribution in [2.24, 2.45) is 5.92 Å². The number of carbonyl (C=O) groups excluding carboxylic acids is 1. The summed E-state index contributed by atoms with van der Waals surface area (Å²) in [6.45, 7) is 5.33. The molecule has 4 nitrogen and oxygen atoms in total. The van der Waals surface area contributed by atoms with Crippen LogP contribution in [0, 0.1) is 5.92 Å². The lowest BCUT2D eigenvalue weighted by atomic mass is 9.83. The third-order valence-electron chi connectivity index (χ3n) is 7.44. The van der Waals surface area contributed by atoms with Crippen LogP contribution >= 0.6 is 0 Å². The molecule has 0 radical (unpaired) electrons. The van der Waals surface area contributed by atoms with Gasteiger partial charge in [-0.15, -0.1) is 0 Å².